The number of hydrogen-bond donors (Lipinski definition) is 0. The lowest BCUT2D eigenvalue weighted by atomic mass is 9.70. The fourth-order valence-corrected chi connectivity index (χ4v) is 3.71. The van der Waals surface area contributed by atoms with E-state index in [1.807, 2.05) is 0 Å². The highest BCUT2D eigenvalue weighted by atomic mass is 16.1. The summed E-state index contributed by atoms with van der Waals surface area (Å²) in [7, 11) is 2.20. The van der Waals surface area contributed by atoms with E-state index in [9.17, 15) is 4.79 Å². The zero-order valence-electron chi connectivity index (χ0n) is 11.5. The van der Waals surface area contributed by atoms with Gasteiger partial charge < -0.3 is 9.69 Å². The Balaban J connectivity index is 1.86. The zero-order valence-corrected chi connectivity index (χ0v) is 11.5. The van der Waals surface area contributed by atoms with Crippen LogP contribution in [0.5, 0.6) is 0 Å². The van der Waals surface area contributed by atoms with Gasteiger partial charge in [0.25, 0.3) is 0 Å². The Bertz CT molecular complexity index is 262. The molecule has 2 rings (SSSR count). The van der Waals surface area contributed by atoms with Gasteiger partial charge in [-0.3, -0.25) is 0 Å². The van der Waals surface area contributed by atoms with E-state index in [0.29, 0.717) is 0 Å². The zero-order chi connectivity index (χ0) is 12.3. The lowest BCUT2D eigenvalue weighted by molar-refractivity contribution is -0.120. The predicted octanol–water partition coefficient (Wildman–Crippen LogP) is 3.11. The molecule has 98 valence electrons. The summed E-state index contributed by atoms with van der Waals surface area (Å²) in [6.45, 7) is 4.48. The molecule has 2 aliphatic carbocycles. The largest absolute Gasteiger partial charge is 0.305 e. The minimum Gasteiger partial charge on any atom is -0.305 e. The summed E-state index contributed by atoms with van der Waals surface area (Å²) in [5.74, 6) is 1.63. The van der Waals surface area contributed by atoms with Crippen molar-refractivity contribution in [1.29, 1.82) is 0 Å². The van der Waals surface area contributed by atoms with Crippen LogP contribution in [0.15, 0.2) is 0 Å². The maximum absolute atomic E-state index is 11.5. The SMILES string of the molecule is CC1CCCC(C=O)(CN(C)CC2CCC2)C1. The van der Waals surface area contributed by atoms with E-state index in [0.717, 1.165) is 31.2 Å². The van der Waals surface area contributed by atoms with Crippen LogP contribution in [0.2, 0.25) is 0 Å². The van der Waals surface area contributed by atoms with Crippen molar-refractivity contribution in [2.45, 2.75) is 51.9 Å². The third kappa shape index (κ3) is 3.31. The van der Waals surface area contributed by atoms with Crippen molar-refractivity contribution in [1.82, 2.24) is 4.90 Å². The minimum atomic E-state index is -0.0316. The Morgan fingerprint density at radius 3 is 2.59 bits per heavy atom. The number of rotatable bonds is 5. The van der Waals surface area contributed by atoms with Gasteiger partial charge in [0.05, 0.1) is 0 Å². The van der Waals surface area contributed by atoms with Gasteiger partial charge in [-0.15, -0.1) is 0 Å². The van der Waals surface area contributed by atoms with Gasteiger partial charge in [0.1, 0.15) is 6.29 Å². The predicted molar refractivity (Wildman–Crippen MR) is 71.0 cm³/mol. The normalized spacial score (nSPS) is 34.6. The van der Waals surface area contributed by atoms with Crippen LogP contribution in [-0.4, -0.2) is 31.3 Å². The molecule has 0 bridgehead atoms. The second-order valence-electron chi connectivity index (χ2n) is 6.68. The molecule has 0 amide bonds. The topological polar surface area (TPSA) is 20.3 Å². The molecule has 17 heavy (non-hydrogen) atoms. The van der Waals surface area contributed by atoms with Gasteiger partial charge in [-0.1, -0.05) is 26.2 Å². The first-order valence-corrected chi connectivity index (χ1v) is 7.28. The fraction of sp³-hybridized carbons (Fsp3) is 0.933. The molecule has 0 aromatic carbocycles. The van der Waals surface area contributed by atoms with E-state index in [-0.39, 0.29) is 5.41 Å². The quantitative estimate of drug-likeness (QED) is 0.685. The first kappa shape index (κ1) is 13.1. The van der Waals surface area contributed by atoms with Crippen molar-refractivity contribution >= 4 is 6.29 Å². The molecule has 0 saturated heterocycles. The molecule has 0 aliphatic heterocycles. The fourth-order valence-electron chi connectivity index (χ4n) is 3.71. The van der Waals surface area contributed by atoms with Crippen LogP contribution >= 0.6 is 0 Å². The molecule has 0 radical (unpaired) electrons. The van der Waals surface area contributed by atoms with Gasteiger partial charge in [0, 0.05) is 18.5 Å². The summed E-state index contributed by atoms with van der Waals surface area (Å²) in [5.41, 5.74) is -0.0316. The third-order valence-corrected chi connectivity index (χ3v) is 4.76. The van der Waals surface area contributed by atoms with Crippen LogP contribution in [0.25, 0.3) is 0 Å². The number of nitrogens with zero attached hydrogens (tertiary/aromatic N) is 1. The van der Waals surface area contributed by atoms with E-state index in [2.05, 4.69) is 18.9 Å². The molecule has 2 heteroatoms. The van der Waals surface area contributed by atoms with Gasteiger partial charge in [-0.25, -0.2) is 0 Å². The Morgan fingerprint density at radius 2 is 2.06 bits per heavy atom. The molecule has 2 fully saturated rings. The highest BCUT2D eigenvalue weighted by Gasteiger charge is 2.36. The molecule has 0 spiro atoms. The number of carbonyl (C=O) groups is 1. The van der Waals surface area contributed by atoms with E-state index in [1.54, 1.807) is 0 Å². The standard InChI is InChI=1S/C15H27NO/c1-13-5-4-8-15(9-13,12-17)11-16(2)10-14-6-3-7-14/h12-14H,3-11H2,1-2H3. The van der Waals surface area contributed by atoms with Crippen LogP contribution in [0.4, 0.5) is 0 Å². The maximum Gasteiger partial charge on any atom is 0.127 e. The van der Waals surface area contributed by atoms with E-state index >= 15 is 0 Å². The Labute approximate surface area is 106 Å². The van der Waals surface area contributed by atoms with Crippen molar-refractivity contribution in [3.05, 3.63) is 0 Å². The maximum atomic E-state index is 11.5. The van der Waals surface area contributed by atoms with Crippen molar-refractivity contribution in [3.8, 4) is 0 Å². The lowest BCUT2D eigenvalue weighted by Gasteiger charge is -2.40. The number of carbonyl (C=O) groups excluding carboxylic acids is 1. The van der Waals surface area contributed by atoms with Gasteiger partial charge in [-0.05, 0) is 44.6 Å². The molecule has 0 N–H and O–H groups in total. The molecule has 2 saturated carbocycles. The first-order chi connectivity index (χ1) is 8.13. The third-order valence-electron chi connectivity index (χ3n) is 4.76. The molecule has 2 aliphatic rings. The van der Waals surface area contributed by atoms with Crippen molar-refractivity contribution in [3.63, 3.8) is 0 Å². The number of aldehydes is 1. The molecule has 0 aromatic heterocycles. The highest BCUT2D eigenvalue weighted by Crippen LogP contribution is 2.38. The van der Waals surface area contributed by atoms with Crippen LogP contribution in [0, 0.1) is 17.3 Å². The van der Waals surface area contributed by atoms with Gasteiger partial charge in [0.2, 0.25) is 0 Å². The van der Waals surface area contributed by atoms with Crippen molar-refractivity contribution < 1.29 is 4.79 Å². The van der Waals surface area contributed by atoms with Gasteiger partial charge >= 0.3 is 0 Å². The van der Waals surface area contributed by atoms with Crippen LogP contribution in [0.1, 0.15) is 51.9 Å². The molecular weight excluding hydrogens is 210 g/mol. The molecule has 2 unspecified atom stereocenters. The molecular formula is C15H27NO. The van der Waals surface area contributed by atoms with Gasteiger partial charge in [0.15, 0.2) is 0 Å². The first-order valence-electron chi connectivity index (χ1n) is 7.28. The Morgan fingerprint density at radius 1 is 1.29 bits per heavy atom. The summed E-state index contributed by atoms with van der Waals surface area (Å²) in [6.07, 6.45) is 10.2. The van der Waals surface area contributed by atoms with Crippen LogP contribution in [-0.2, 0) is 4.79 Å². The van der Waals surface area contributed by atoms with E-state index in [4.69, 9.17) is 0 Å². The molecule has 2 nitrogen and oxygen atoms in total. The smallest absolute Gasteiger partial charge is 0.127 e. The van der Waals surface area contributed by atoms with Crippen molar-refractivity contribution in [2.24, 2.45) is 17.3 Å². The lowest BCUT2D eigenvalue weighted by Crippen LogP contribution is -2.42. The average molecular weight is 237 g/mol. The summed E-state index contributed by atoms with van der Waals surface area (Å²) in [6, 6.07) is 0. The van der Waals surface area contributed by atoms with E-state index < -0.39 is 0 Å². The molecule has 2 atom stereocenters. The van der Waals surface area contributed by atoms with Crippen LogP contribution < -0.4 is 0 Å². The molecule has 0 heterocycles. The summed E-state index contributed by atoms with van der Waals surface area (Å²) in [4.78, 5) is 13.9. The van der Waals surface area contributed by atoms with Crippen LogP contribution in [0.3, 0.4) is 0 Å². The summed E-state index contributed by atoms with van der Waals surface area (Å²) >= 11 is 0. The van der Waals surface area contributed by atoms with Gasteiger partial charge in [-0.2, -0.15) is 0 Å². The Kier molecular flexibility index (Phi) is 4.24. The molecule has 0 aromatic rings. The van der Waals surface area contributed by atoms with E-state index in [1.165, 1.54) is 44.9 Å². The second-order valence-corrected chi connectivity index (χ2v) is 6.68. The minimum absolute atomic E-state index is 0.0316. The highest BCUT2D eigenvalue weighted by molar-refractivity contribution is 5.60. The summed E-state index contributed by atoms with van der Waals surface area (Å²) < 4.78 is 0. The number of hydrogen-bond acceptors (Lipinski definition) is 2. The monoisotopic (exact) mass is 237 g/mol. The Hall–Kier alpha value is -0.370. The van der Waals surface area contributed by atoms with Crippen molar-refractivity contribution in [2.75, 3.05) is 20.1 Å². The average Bonchev–Trinajstić information content (AvgIpc) is 2.23. The summed E-state index contributed by atoms with van der Waals surface area (Å²) in [5, 5.41) is 0. The second kappa shape index (κ2) is 5.51.